The molecule has 2 aromatic rings. The number of fused-ring (bicyclic) bond motifs is 1. The van der Waals surface area contributed by atoms with Crippen LogP contribution in [0.2, 0.25) is 0 Å². The summed E-state index contributed by atoms with van der Waals surface area (Å²) in [6, 6.07) is 5.14. The fourth-order valence-corrected chi connectivity index (χ4v) is 4.33. The molecule has 3 heterocycles. The third-order valence-corrected chi connectivity index (χ3v) is 6.03. The highest BCUT2D eigenvalue weighted by Gasteiger charge is 2.48. The summed E-state index contributed by atoms with van der Waals surface area (Å²) in [7, 11) is 0. The monoisotopic (exact) mass is 413 g/mol. The van der Waals surface area contributed by atoms with E-state index >= 15 is 0 Å². The predicted octanol–water partition coefficient (Wildman–Crippen LogP) is 1.70. The standard InChI is InChI=1S/C21H27N5O4/c1-3-25-19(28)17-11-16(18(27)22-12-15-9-6-10-30-15)24-26(17)13-21(25,2)20(29)23-14-7-4-5-8-14/h6,9-11,14H,3-5,7-8,12-13H2,1-2H3,(H,22,27)(H,23,29)/t21-/m1/s1. The molecule has 0 saturated heterocycles. The fourth-order valence-electron chi connectivity index (χ4n) is 4.33. The van der Waals surface area contributed by atoms with Crippen LogP contribution in [-0.2, 0) is 17.9 Å². The Hall–Kier alpha value is -3.10. The van der Waals surface area contributed by atoms with E-state index < -0.39 is 11.4 Å². The molecule has 160 valence electrons. The molecule has 0 spiro atoms. The zero-order valence-electron chi connectivity index (χ0n) is 17.3. The molecule has 0 aromatic carbocycles. The quantitative estimate of drug-likeness (QED) is 0.749. The molecule has 9 nitrogen and oxygen atoms in total. The van der Waals surface area contributed by atoms with E-state index in [0.717, 1.165) is 25.7 Å². The molecule has 2 N–H and O–H groups in total. The Morgan fingerprint density at radius 1 is 1.33 bits per heavy atom. The van der Waals surface area contributed by atoms with Gasteiger partial charge in [-0.2, -0.15) is 5.10 Å². The van der Waals surface area contributed by atoms with Crippen LogP contribution in [0.1, 0.15) is 66.3 Å². The zero-order valence-corrected chi connectivity index (χ0v) is 17.3. The number of rotatable bonds is 6. The minimum absolute atomic E-state index is 0.140. The maximum atomic E-state index is 13.1. The van der Waals surface area contributed by atoms with Gasteiger partial charge in [-0.1, -0.05) is 12.8 Å². The van der Waals surface area contributed by atoms with E-state index in [1.165, 1.54) is 17.0 Å². The van der Waals surface area contributed by atoms with Crippen molar-refractivity contribution in [3.05, 3.63) is 41.6 Å². The van der Waals surface area contributed by atoms with Crippen molar-refractivity contribution in [2.75, 3.05) is 6.54 Å². The van der Waals surface area contributed by atoms with Crippen molar-refractivity contribution in [2.45, 2.75) is 64.2 Å². The number of nitrogens with one attached hydrogen (secondary N) is 2. The maximum Gasteiger partial charge on any atom is 0.273 e. The summed E-state index contributed by atoms with van der Waals surface area (Å²) in [4.78, 5) is 40.3. The number of likely N-dealkylation sites (N-methyl/N-ethyl adjacent to an activating group) is 1. The first-order valence-electron chi connectivity index (χ1n) is 10.4. The Morgan fingerprint density at radius 3 is 2.77 bits per heavy atom. The second-order valence-corrected chi connectivity index (χ2v) is 8.11. The van der Waals surface area contributed by atoms with Crippen molar-refractivity contribution >= 4 is 17.7 Å². The molecule has 30 heavy (non-hydrogen) atoms. The van der Waals surface area contributed by atoms with E-state index in [9.17, 15) is 14.4 Å². The Bertz CT molecular complexity index is 945. The van der Waals surface area contributed by atoms with Crippen LogP contribution in [0, 0.1) is 0 Å². The van der Waals surface area contributed by atoms with Crippen molar-refractivity contribution in [2.24, 2.45) is 0 Å². The molecule has 1 aliphatic heterocycles. The van der Waals surface area contributed by atoms with E-state index in [4.69, 9.17) is 4.42 Å². The normalized spacial score (nSPS) is 21.5. The summed E-state index contributed by atoms with van der Waals surface area (Å²) in [5, 5.41) is 10.2. The summed E-state index contributed by atoms with van der Waals surface area (Å²) >= 11 is 0. The van der Waals surface area contributed by atoms with E-state index in [0.29, 0.717) is 18.0 Å². The molecule has 1 fully saturated rings. The third-order valence-electron chi connectivity index (χ3n) is 6.03. The summed E-state index contributed by atoms with van der Waals surface area (Å²) in [5.41, 5.74) is -0.609. The number of amides is 3. The number of hydrogen-bond donors (Lipinski definition) is 2. The lowest BCUT2D eigenvalue weighted by atomic mass is 9.94. The molecule has 0 unspecified atom stereocenters. The number of aromatic nitrogens is 2. The van der Waals surface area contributed by atoms with Crippen molar-refractivity contribution in [3.8, 4) is 0 Å². The molecular weight excluding hydrogens is 386 g/mol. The van der Waals surface area contributed by atoms with Crippen LogP contribution in [0.4, 0.5) is 0 Å². The van der Waals surface area contributed by atoms with Gasteiger partial charge in [0.1, 0.15) is 17.0 Å². The van der Waals surface area contributed by atoms with E-state index in [2.05, 4.69) is 15.7 Å². The first kappa shape index (κ1) is 20.2. The van der Waals surface area contributed by atoms with Crippen molar-refractivity contribution in [1.82, 2.24) is 25.3 Å². The van der Waals surface area contributed by atoms with Gasteiger partial charge in [0.25, 0.3) is 11.8 Å². The zero-order chi connectivity index (χ0) is 21.3. The summed E-state index contributed by atoms with van der Waals surface area (Å²) < 4.78 is 6.69. The molecule has 1 saturated carbocycles. The van der Waals surface area contributed by atoms with Gasteiger partial charge >= 0.3 is 0 Å². The lowest BCUT2D eigenvalue weighted by molar-refractivity contribution is -0.133. The van der Waals surface area contributed by atoms with E-state index in [-0.39, 0.29) is 36.6 Å². The largest absolute Gasteiger partial charge is 0.467 e. The van der Waals surface area contributed by atoms with Crippen LogP contribution in [-0.4, -0.2) is 50.5 Å². The average molecular weight is 413 g/mol. The smallest absolute Gasteiger partial charge is 0.273 e. The van der Waals surface area contributed by atoms with E-state index in [1.54, 1.807) is 24.0 Å². The molecule has 1 aliphatic carbocycles. The van der Waals surface area contributed by atoms with Crippen LogP contribution in [0.3, 0.4) is 0 Å². The van der Waals surface area contributed by atoms with Crippen LogP contribution in [0.15, 0.2) is 28.9 Å². The van der Waals surface area contributed by atoms with Crippen LogP contribution in [0.5, 0.6) is 0 Å². The summed E-state index contributed by atoms with van der Waals surface area (Å²) in [6.07, 6.45) is 5.69. The van der Waals surface area contributed by atoms with Gasteiger partial charge in [-0.3, -0.25) is 19.1 Å². The van der Waals surface area contributed by atoms with Gasteiger partial charge in [0, 0.05) is 18.7 Å². The summed E-state index contributed by atoms with van der Waals surface area (Å²) in [6.45, 7) is 4.43. The van der Waals surface area contributed by atoms with Gasteiger partial charge in [-0.05, 0) is 38.8 Å². The SMILES string of the molecule is CCN1C(=O)c2cc(C(=O)NCc3ccco3)nn2C[C@]1(C)C(=O)NC1CCCC1. The van der Waals surface area contributed by atoms with Gasteiger partial charge in [-0.15, -0.1) is 0 Å². The number of hydrogen-bond acceptors (Lipinski definition) is 5. The van der Waals surface area contributed by atoms with Crippen molar-refractivity contribution in [1.29, 1.82) is 0 Å². The molecule has 3 amide bonds. The van der Waals surface area contributed by atoms with Crippen molar-refractivity contribution < 1.29 is 18.8 Å². The number of carbonyl (C=O) groups is 3. The van der Waals surface area contributed by atoms with Gasteiger partial charge in [0.2, 0.25) is 5.91 Å². The van der Waals surface area contributed by atoms with E-state index in [1.807, 2.05) is 6.92 Å². The molecule has 0 bridgehead atoms. The van der Waals surface area contributed by atoms with Gasteiger partial charge in [0.05, 0.1) is 19.4 Å². The fraction of sp³-hybridized carbons (Fsp3) is 0.524. The second-order valence-electron chi connectivity index (χ2n) is 8.11. The van der Waals surface area contributed by atoms with Gasteiger partial charge in [0.15, 0.2) is 5.69 Å². The molecule has 1 atom stereocenters. The molecule has 2 aliphatic rings. The molecule has 2 aromatic heterocycles. The molecule has 4 rings (SSSR count). The van der Waals surface area contributed by atoms with Crippen LogP contribution in [0.25, 0.3) is 0 Å². The highest BCUT2D eigenvalue weighted by atomic mass is 16.3. The lowest BCUT2D eigenvalue weighted by Crippen LogP contribution is -2.64. The minimum atomic E-state index is -1.06. The predicted molar refractivity (Wildman–Crippen MR) is 108 cm³/mol. The molecule has 9 heteroatoms. The number of carbonyl (C=O) groups excluding carboxylic acids is 3. The van der Waals surface area contributed by atoms with Crippen LogP contribution >= 0.6 is 0 Å². The molecule has 0 radical (unpaired) electrons. The maximum absolute atomic E-state index is 13.1. The van der Waals surface area contributed by atoms with Gasteiger partial charge in [-0.25, -0.2) is 0 Å². The topological polar surface area (TPSA) is 109 Å². The highest BCUT2D eigenvalue weighted by molar-refractivity contribution is 6.01. The Morgan fingerprint density at radius 2 is 2.10 bits per heavy atom. The first-order chi connectivity index (χ1) is 14.4. The second kappa shape index (κ2) is 7.97. The molecular formula is C21H27N5O4. The average Bonchev–Trinajstić information content (AvgIpc) is 3.48. The third kappa shape index (κ3) is 3.59. The van der Waals surface area contributed by atoms with Crippen LogP contribution < -0.4 is 10.6 Å². The summed E-state index contributed by atoms with van der Waals surface area (Å²) in [5.74, 6) is -0.252. The van der Waals surface area contributed by atoms with Gasteiger partial charge < -0.3 is 20.0 Å². The number of nitrogens with zero attached hydrogens (tertiary/aromatic N) is 3. The first-order valence-corrected chi connectivity index (χ1v) is 10.4. The van der Waals surface area contributed by atoms with Crippen molar-refractivity contribution in [3.63, 3.8) is 0 Å². The minimum Gasteiger partial charge on any atom is -0.467 e. The highest BCUT2D eigenvalue weighted by Crippen LogP contribution is 2.28. The Labute approximate surface area is 174 Å². The Balaban J connectivity index is 1.54. The Kier molecular flexibility index (Phi) is 5.36. The number of furan rings is 1. The lowest BCUT2D eigenvalue weighted by Gasteiger charge is -2.43.